The van der Waals surface area contributed by atoms with Crippen molar-refractivity contribution < 1.29 is 13.5 Å². The number of rotatable bonds is 3. The summed E-state index contributed by atoms with van der Waals surface area (Å²) < 4.78 is 28.0. The van der Waals surface area contributed by atoms with Crippen molar-refractivity contribution in [3.05, 3.63) is 24.3 Å². The maximum atomic E-state index is 11.6. The molecule has 0 aliphatic rings. The molecule has 1 aromatic rings. The van der Waals surface area contributed by atoms with Crippen LogP contribution in [-0.4, -0.2) is 19.1 Å². The van der Waals surface area contributed by atoms with Gasteiger partial charge in [0, 0.05) is 11.6 Å². The van der Waals surface area contributed by atoms with Gasteiger partial charge in [0.15, 0.2) is 0 Å². The Bertz CT molecular complexity index is 463. The van der Waals surface area contributed by atoms with Crippen LogP contribution in [0.5, 0.6) is 5.75 Å². The molecule has 90 valence electrons. The van der Waals surface area contributed by atoms with Gasteiger partial charge in [-0.1, -0.05) is 6.07 Å². The van der Waals surface area contributed by atoms with Crippen LogP contribution in [0.3, 0.4) is 0 Å². The van der Waals surface area contributed by atoms with E-state index in [1.807, 2.05) is 0 Å². The van der Waals surface area contributed by atoms with Crippen LogP contribution in [-0.2, 0) is 10.2 Å². The van der Waals surface area contributed by atoms with Gasteiger partial charge < -0.3 is 5.11 Å². The molecule has 3 N–H and O–H groups in total. The molecule has 6 heteroatoms. The third-order valence-electron chi connectivity index (χ3n) is 1.54. The van der Waals surface area contributed by atoms with E-state index >= 15 is 0 Å². The first-order valence-electron chi connectivity index (χ1n) is 4.79. The molecular formula is C10H16N2O3S. The average molecular weight is 244 g/mol. The Hall–Kier alpha value is -1.27. The van der Waals surface area contributed by atoms with Crippen LogP contribution in [0.2, 0.25) is 0 Å². The Kier molecular flexibility index (Phi) is 3.44. The molecule has 5 nitrogen and oxygen atoms in total. The van der Waals surface area contributed by atoms with E-state index in [0.29, 0.717) is 5.69 Å². The van der Waals surface area contributed by atoms with Crippen LogP contribution in [0.15, 0.2) is 24.3 Å². The fourth-order valence-electron chi connectivity index (χ4n) is 1.15. The van der Waals surface area contributed by atoms with Gasteiger partial charge >= 0.3 is 0 Å². The fraction of sp³-hybridized carbons (Fsp3) is 0.400. The molecule has 0 radical (unpaired) electrons. The van der Waals surface area contributed by atoms with Crippen LogP contribution in [0, 0.1) is 0 Å². The predicted molar refractivity (Wildman–Crippen MR) is 63.5 cm³/mol. The highest BCUT2D eigenvalue weighted by Gasteiger charge is 2.19. The SMILES string of the molecule is CC(C)(C)NS(=O)(=O)Nc1cccc(O)c1. The molecule has 1 aromatic carbocycles. The number of phenolic OH excluding ortho intramolecular Hbond substituents is 1. The fourth-order valence-corrected chi connectivity index (χ4v) is 2.45. The number of hydrogen-bond acceptors (Lipinski definition) is 3. The highest BCUT2D eigenvalue weighted by Crippen LogP contribution is 2.16. The minimum atomic E-state index is -3.62. The number of phenols is 1. The van der Waals surface area contributed by atoms with Crippen molar-refractivity contribution in [3.8, 4) is 5.75 Å². The molecule has 0 heterocycles. The normalized spacial score (nSPS) is 12.4. The third kappa shape index (κ3) is 4.50. The summed E-state index contributed by atoms with van der Waals surface area (Å²) in [5, 5.41) is 9.19. The summed E-state index contributed by atoms with van der Waals surface area (Å²) in [6, 6.07) is 5.92. The van der Waals surface area contributed by atoms with Crippen LogP contribution < -0.4 is 9.44 Å². The van der Waals surface area contributed by atoms with Gasteiger partial charge in [0.05, 0.1) is 5.69 Å². The first-order chi connectivity index (χ1) is 7.18. The first-order valence-corrected chi connectivity index (χ1v) is 6.27. The smallest absolute Gasteiger partial charge is 0.299 e. The van der Waals surface area contributed by atoms with E-state index in [-0.39, 0.29) is 5.75 Å². The second-order valence-corrected chi connectivity index (χ2v) is 5.92. The molecule has 1 rings (SSSR count). The maximum absolute atomic E-state index is 11.6. The van der Waals surface area contributed by atoms with Crippen LogP contribution in [0.25, 0.3) is 0 Å². The topological polar surface area (TPSA) is 78.4 Å². The van der Waals surface area contributed by atoms with Crippen molar-refractivity contribution in [2.24, 2.45) is 0 Å². The largest absolute Gasteiger partial charge is 0.508 e. The van der Waals surface area contributed by atoms with E-state index in [0.717, 1.165) is 0 Å². The zero-order valence-electron chi connectivity index (χ0n) is 9.48. The quantitative estimate of drug-likeness (QED) is 0.752. The average Bonchev–Trinajstić information content (AvgIpc) is 1.96. The molecule has 0 saturated heterocycles. The molecule has 0 aliphatic heterocycles. The second-order valence-electron chi connectivity index (χ2n) is 4.51. The highest BCUT2D eigenvalue weighted by molar-refractivity contribution is 7.90. The van der Waals surface area contributed by atoms with Crippen LogP contribution in [0.4, 0.5) is 5.69 Å². The molecular weight excluding hydrogens is 228 g/mol. The monoisotopic (exact) mass is 244 g/mol. The molecule has 16 heavy (non-hydrogen) atoms. The zero-order valence-corrected chi connectivity index (χ0v) is 10.3. The van der Waals surface area contributed by atoms with Crippen molar-refractivity contribution >= 4 is 15.9 Å². The zero-order chi connectivity index (χ0) is 12.4. The summed E-state index contributed by atoms with van der Waals surface area (Å²) in [5.74, 6) is 0.0101. The molecule has 0 fully saturated rings. The summed E-state index contributed by atoms with van der Waals surface area (Å²) in [6.45, 7) is 5.23. The van der Waals surface area contributed by atoms with Crippen molar-refractivity contribution in [3.63, 3.8) is 0 Å². The molecule has 0 bridgehead atoms. The van der Waals surface area contributed by atoms with Crippen molar-refractivity contribution in [1.29, 1.82) is 0 Å². The summed E-state index contributed by atoms with van der Waals surface area (Å²) in [6.07, 6.45) is 0. The summed E-state index contributed by atoms with van der Waals surface area (Å²) in [5.41, 5.74) is -0.236. The highest BCUT2D eigenvalue weighted by atomic mass is 32.2. The number of hydrogen-bond donors (Lipinski definition) is 3. The molecule has 0 aromatic heterocycles. The lowest BCUT2D eigenvalue weighted by molar-refractivity contribution is 0.475. The van der Waals surface area contributed by atoms with Gasteiger partial charge in [0.2, 0.25) is 0 Å². The third-order valence-corrected chi connectivity index (χ3v) is 2.92. The molecule has 0 spiro atoms. The summed E-state index contributed by atoms with van der Waals surface area (Å²) in [4.78, 5) is 0. The lowest BCUT2D eigenvalue weighted by atomic mass is 10.1. The standard InChI is InChI=1S/C10H16N2O3S/c1-10(2,3)12-16(14,15)11-8-5-4-6-9(13)7-8/h4-7,11-13H,1-3H3. The Morgan fingerprint density at radius 3 is 2.38 bits per heavy atom. The van der Waals surface area contributed by atoms with Gasteiger partial charge in [-0.3, -0.25) is 4.72 Å². The Morgan fingerprint density at radius 2 is 1.88 bits per heavy atom. The molecule has 0 unspecified atom stereocenters. The first kappa shape index (κ1) is 12.8. The van der Waals surface area contributed by atoms with Crippen molar-refractivity contribution in [1.82, 2.24) is 4.72 Å². The van der Waals surface area contributed by atoms with Gasteiger partial charge in [-0.25, -0.2) is 0 Å². The van der Waals surface area contributed by atoms with Gasteiger partial charge in [-0.2, -0.15) is 13.1 Å². The second kappa shape index (κ2) is 4.31. The van der Waals surface area contributed by atoms with E-state index in [2.05, 4.69) is 9.44 Å². The minimum Gasteiger partial charge on any atom is -0.508 e. The number of nitrogens with one attached hydrogen (secondary N) is 2. The van der Waals surface area contributed by atoms with Crippen molar-refractivity contribution in [2.45, 2.75) is 26.3 Å². The van der Waals surface area contributed by atoms with E-state index in [4.69, 9.17) is 0 Å². The molecule has 0 saturated carbocycles. The van der Waals surface area contributed by atoms with Crippen LogP contribution >= 0.6 is 0 Å². The lowest BCUT2D eigenvalue weighted by Gasteiger charge is -2.20. The molecule has 0 amide bonds. The Morgan fingerprint density at radius 1 is 1.25 bits per heavy atom. The Balaban J connectivity index is 2.81. The van der Waals surface area contributed by atoms with Crippen LogP contribution in [0.1, 0.15) is 20.8 Å². The van der Waals surface area contributed by atoms with Gasteiger partial charge in [0.1, 0.15) is 5.75 Å². The van der Waals surface area contributed by atoms with E-state index in [1.54, 1.807) is 32.9 Å². The van der Waals surface area contributed by atoms with E-state index in [1.165, 1.54) is 12.1 Å². The van der Waals surface area contributed by atoms with Crippen molar-refractivity contribution in [2.75, 3.05) is 4.72 Å². The number of aromatic hydroxyl groups is 1. The number of anilines is 1. The van der Waals surface area contributed by atoms with Gasteiger partial charge in [0.25, 0.3) is 10.2 Å². The maximum Gasteiger partial charge on any atom is 0.299 e. The molecule has 0 atom stereocenters. The minimum absolute atomic E-state index is 0.0101. The van der Waals surface area contributed by atoms with E-state index in [9.17, 15) is 13.5 Å². The predicted octanol–water partition coefficient (Wildman–Crippen LogP) is 1.44. The lowest BCUT2D eigenvalue weighted by Crippen LogP contribution is -2.43. The Labute approximate surface area is 95.7 Å². The summed E-state index contributed by atoms with van der Waals surface area (Å²) >= 11 is 0. The van der Waals surface area contributed by atoms with Gasteiger partial charge in [-0.15, -0.1) is 0 Å². The number of benzene rings is 1. The van der Waals surface area contributed by atoms with Gasteiger partial charge in [-0.05, 0) is 32.9 Å². The summed E-state index contributed by atoms with van der Waals surface area (Å²) in [7, 11) is -3.62. The molecule has 0 aliphatic carbocycles. The van der Waals surface area contributed by atoms with E-state index < -0.39 is 15.7 Å².